The number of nitrogens with one attached hydrogen (secondary N) is 1. The van der Waals surface area contributed by atoms with Crippen molar-refractivity contribution in [2.45, 2.75) is 6.92 Å². The van der Waals surface area contributed by atoms with Crippen LogP contribution in [0.2, 0.25) is 0 Å². The van der Waals surface area contributed by atoms with E-state index >= 15 is 0 Å². The van der Waals surface area contributed by atoms with E-state index in [1.165, 1.54) is 0 Å². The number of nitrogens with two attached hydrogens (primary N) is 1. The largest absolute Gasteiger partial charge is 0.368 e. The SMILES string of the molecule is Cc1ccc(C#N)c(-c2nc(N)nc(-c3ccccc3)n2)c1C(=O)N1CCNCC1. The molecule has 0 aliphatic carbocycles. The predicted molar refractivity (Wildman–Crippen MR) is 113 cm³/mol. The number of nitriles is 1. The summed E-state index contributed by atoms with van der Waals surface area (Å²) in [7, 11) is 0. The molecular weight excluding hydrogens is 378 g/mol. The van der Waals surface area contributed by atoms with Gasteiger partial charge in [-0.05, 0) is 18.6 Å². The standard InChI is InChI=1S/C22H21N7O/c1-14-7-8-16(13-23)18(17(14)21(30)29-11-9-25-10-12-29)20-26-19(27-22(24)28-20)15-5-3-2-4-6-15/h2-8,25H,9-12H2,1H3,(H2,24,26,27,28). The Morgan fingerprint density at radius 3 is 2.47 bits per heavy atom. The molecule has 150 valence electrons. The van der Waals surface area contributed by atoms with Crippen molar-refractivity contribution >= 4 is 11.9 Å². The highest BCUT2D eigenvalue weighted by Gasteiger charge is 2.27. The molecule has 1 amide bonds. The van der Waals surface area contributed by atoms with Gasteiger partial charge in [0.05, 0.1) is 22.8 Å². The van der Waals surface area contributed by atoms with Crippen LogP contribution >= 0.6 is 0 Å². The average Bonchev–Trinajstić information content (AvgIpc) is 2.79. The van der Waals surface area contributed by atoms with E-state index in [9.17, 15) is 10.1 Å². The molecule has 8 heteroatoms. The first kappa shape index (κ1) is 19.5. The van der Waals surface area contributed by atoms with Crippen LogP contribution in [-0.2, 0) is 0 Å². The Bertz CT molecular complexity index is 1130. The van der Waals surface area contributed by atoms with E-state index in [0.717, 1.165) is 24.2 Å². The molecule has 0 unspecified atom stereocenters. The summed E-state index contributed by atoms with van der Waals surface area (Å²) in [6, 6.07) is 15.0. The highest BCUT2D eigenvalue weighted by atomic mass is 16.2. The molecule has 0 bridgehead atoms. The molecule has 0 atom stereocenters. The van der Waals surface area contributed by atoms with Crippen LogP contribution in [0.1, 0.15) is 21.5 Å². The summed E-state index contributed by atoms with van der Waals surface area (Å²) in [4.78, 5) is 28.3. The Balaban J connectivity index is 1.90. The molecule has 0 radical (unpaired) electrons. The number of carbonyl (C=O) groups is 1. The van der Waals surface area contributed by atoms with Crippen LogP contribution in [0.25, 0.3) is 22.8 Å². The monoisotopic (exact) mass is 399 g/mol. The highest BCUT2D eigenvalue weighted by molar-refractivity contribution is 6.03. The van der Waals surface area contributed by atoms with Gasteiger partial charge in [0, 0.05) is 31.7 Å². The topological polar surface area (TPSA) is 121 Å². The Morgan fingerprint density at radius 1 is 1.07 bits per heavy atom. The van der Waals surface area contributed by atoms with E-state index in [-0.39, 0.29) is 17.7 Å². The number of nitrogens with zero attached hydrogens (tertiary/aromatic N) is 5. The molecule has 3 aromatic rings. The smallest absolute Gasteiger partial charge is 0.255 e. The molecule has 3 N–H and O–H groups in total. The van der Waals surface area contributed by atoms with Crippen molar-refractivity contribution in [1.82, 2.24) is 25.2 Å². The minimum atomic E-state index is -0.138. The third-order valence-corrected chi connectivity index (χ3v) is 5.06. The van der Waals surface area contributed by atoms with Crippen LogP contribution in [0.3, 0.4) is 0 Å². The van der Waals surface area contributed by atoms with Crippen molar-refractivity contribution in [3.63, 3.8) is 0 Å². The molecule has 0 spiro atoms. The quantitative estimate of drug-likeness (QED) is 0.691. The zero-order chi connectivity index (χ0) is 21.1. The Morgan fingerprint density at radius 2 is 1.77 bits per heavy atom. The van der Waals surface area contributed by atoms with Gasteiger partial charge < -0.3 is 16.0 Å². The van der Waals surface area contributed by atoms with E-state index < -0.39 is 0 Å². The maximum atomic E-state index is 13.4. The maximum Gasteiger partial charge on any atom is 0.255 e. The van der Waals surface area contributed by atoms with E-state index in [0.29, 0.717) is 35.6 Å². The first-order valence-corrected chi connectivity index (χ1v) is 9.69. The number of hydrogen-bond acceptors (Lipinski definition) is 7. The van der Waals surface area contributed by atoms with Crippen molar-refractivity contribution in [1.29, 1.82) is 5.26 Å². The summed E-state index contributed by atoms with van der Waals surface area (Å²) < 4.78 is 0. The Hall–Kier alpha value is -3.83. The van der Waals surface area contributed by atoms with Gasteiger partial charge in [-0.1, -0.05) is 36.4 Å². The second-order valence-electron chi connectivity index (χ2n) is 7.04. The molecule has 8 nitrogen and oxygen atoms in total. The normalized spacial score (nSPS) is 13.7. The number of anilines is 1. The van der Waals surface area contributed by atoms with Gasteiger partial charge in [-0.3, -0.25) is 4.79 Å². The predicted octanol–water partition coefficient (Wildman–Crippen LogP) is 2.01. The minimum Gasteiger partial charge on any atom is -0.368 e. The summed E-state index contributed by atoms with van der Waals surface area (Å²) in [6.45, 7) is 4.51. The number of benzene rings is 2. The Kier molecular flexibility index (Phi) is 5.37. The van der Waals surface area contributed by atoms with Gasteiger partial charge in [0.25, 0.3) is 5.91 Å². The molecular formula is C22H21N7O. The fraction of sp³-hybridized carbons (Fsp3) is 0.227. The van der Waals surface area contributed by atoms with E-state index in [4.69, 9.17) is 5.73 Å². The lowest BCUT2D eigenvalue weighted by molar-refractivity contribution is 0.0735. The van der Waals surface area contributed by atoms with Gasteiger partial charge in [0.15, 0.2) is 11.6 Å². The van der Waals surface area contributed by atoms with Crippen molar-refractivity contribution < 1.29 is 4.79 Å². The number of nitrogen functional groups attached to an aromatic ring is 1. The second-order valence-corrected chi connectivity index (χ2v) is 7.04. The van der Waals surface area contributed by atoms with Gasteiger partial charge in [-0.25, -0.2) is 4.98 Å². The van der Waals surface area contributed by atoms with Gasteiger partial charge in [-0.2, -0.15) is 15.2 Å². The molecule has 2 aromatic carbocycles. The molecule has 30 heavy (non-hydrogen) atoms. The molecule has 2 heterocycles. The van der Waals surface area contributed by atoms with Crippen LogP contribution < -0.4 is 11.1 Å². The van der Waals surface area contributed by atoms with Crippen molar-refractivity contribution in [3.05, 3.63) is 59.2 Å². The van der Waals surface area contributed by atoms with Crippen LogP contribution in [0.15, 0.2) is 42.5 Å². The van der Waals surface area contributed by atoms with Gasteiger partial charge >= 0.3 is 0 Å². The molecule has 1 saturated heterocycles. The number of piperazine rings is 1. The average molecular weight is 399 g/mol. The number of aromatic nitrogens is 3. The van der Waals surface area contributed by atoms with Crippen molar-refractivity contribution in [3.8, 4) is 28.8 Å². The highest BCUT2D eigenvalue weighted by Crippen LogP contribution is 2.30. The molecule has 1 aliphatic rings. The fourth-order valence-corrected chi connectivity index (χ4v) is 3.55. The molecule has 1 fully saturated rings. The van der Waals surface area contributed by atoms with Crippen molar-refractivity contribution in [2.24, 2.45) is 0 Å². The van der Waals surface area contributed by atoms with Crippen LogP contribution in [-0.4, -0.2) is 51.9 Å². The van der Waals surface area contributed by atoms with E-state index in [2.05, 4.69) is 26.3 Å². The van der Waals surface area contributed by atoms with E-state index in [1.807, 2.05) is 37.3 Å². The first-order valence-electron chi connectivity index (χ1n) is 9.69. The number of rotatable bonds is 3. The molecule has 4 rings (SSSR count). The molecule has 0 saturated carbocycles. The summed E-state index contributed by atoms with van der Waals surface area (Å²) in [6.07, 6.45) is 0. The van der Waals surface area contributed by atoms with Crippen LogP contribution in [0.5, 0.6) is 0 Å². The summed E-state index contributed by atoms with van der Waals surface area (Å²) in [5.41, 5.74) is 8.66. The zero-order valence-electron chi connectivity index (χ0n) is 16.6. The zero-order valence-corrected chi connectivity index (χ0v) is 16.6. The lowest BCUT2D eigenvalue weighted by Crippen LogP contribution is -2.46. The van der Waals surface area contributed by atoms with Crippen LogP contribution in [0.4, 0.5) is 5.95 Å². The lowest BCUT2D eigenvalue weighted by Gasteiger charge is -2.29. The maximum absolute atomic E-state index is 13.4. The fourth-order valence-electron chi connectivity index (χ4n) is 3.55. The minimum absolute atomic E-state index is 0.0322. The van der Waals surface area contributed by atoms with Crippen LogP contribution in [0, 0.1) is 18.3 Å². The third-order valence-electron chi connectivity index (χ3n) is 5.06. The molecule has 1 aliphatic heterocycles. The van der Waals surface area contributed by atoms with Gasteiger partial charge in [0.1, 0.15) is 0 Å². The van der Waals surface area contributed by atoms with Crippen molar-refractivity contribution in [2.75, 3.05) is 31.9 Å². The second kappa shape index (κ2) is 8.27. The first-order chi connectivity index (χ1) is 14.6. The number of carbonyl (C=O) groups excluding carboxylic acids is 1. The summed E-state index contributed by atoms with van der Waals surface area (Å²) in [5.74, 6) is 0.510. The van der Waals surface area contributed by atoms with E-state index in [1.54, 1.807) is 17.0 Å². The van der Waals surface area contributed by atoms with Gasteiger partial charge in [-0.15, -0.1) is 0 Å². The Labute approximate surface area is 174 Å². The molecule has 1 aromatic heterocycles. The number of hydrogen-bond donors (Lipinski definition) is 2. The number of amides is 1. The number of aryl methyl sites for hydroxylation is 1. The third kappa shape index (κ3) is 3.71. The van der Waals surface area contributed by atoms with Gasteiger partial charge in [0.2, 0.25) is 5.95 Å². The summed E-state index contributed by atoms with van der Waals surface area (Å²) in [5, 5.41) is 13.0. The summed E-state index contributed by atoms with van der Waals surface area (Å²) >= 11 is 0. The lowest BCUT2D eigenvalue weighted by atomic mass is 9.95.